The summed E-state index contributed by atoms with van der Waals surface area (Å²) in [5.74, 6) is 0.207. The smallest absolute Gasteiger partial charge is 0.328 e. The van der Waals surface area contributed by atoms with Gasteiger partial charge in [-0.15, -0.1) is 11.8 Å². The topological polar surface area (TPSA) is 77.8 Å². The third kappa shape index (κ3) is 4.05. The van der Waals surface area contributed by atoms with Crippen molar-refractivity contribution in [3.05, 3.63) is 95.1 Å². The lowest BCUT2D eigenvalue weighted by Gasteiger charge is -2.24. The zero-order valence-corrected chi connectivity index (χ0v) is 16.2. The number of benzene rings is 3. The highest BCUT2D eigenvalue weighted by atomic mass is 32.2. The molecule has 0 saturated carbocycles. The molecule has 0 atom stereocenters. The van der Waals surface area contributed by atoms with Crippen LogP contribution in [0.1, 0.15) is 22.3 Å². The number of carboxylic acid groups (broad SMARTS) is 1. The highest BCUT2D eigenvalue weighted by molar-refractivity contribution is 7.99. The first-order chi connectivity index (χ1) is 14.0. The standard InChI is InChI=1S/C24H18O4S/c25-18-8-6-16(7-9-18)21-14-29-22-13-19(26)10-11-20(22)24(21)17-4-1-15(2-5-17)3-12-23(27)28/h1-13,25-26H,14H2,(H,27,28)/b12-3+. The fraction of sp³-hybridized carbons (Fsp3) is 0.0417. The lowest BCUT2D eigenvalue weighted by Crippen LogP contribution is -2.04. The van der Waals surface area contributed by atoms with Crippen molar-refractivity contribution in [3.8, 4) is 11.5 Å². The normalized spacial score (nSPS) is 13.5. The number of hydrogen-bond donors (Lipinski definition) is 3. The molecule has 0 amide bonds. The molecule has 3 aromatic rings. The first kappa shape index (κ1) is 18.9. The van der Waals surface area contributed by atoms with Gasteiger partial charge in [-0.25, -0.2) is 4.79 Å². The Kier molecular flexibility index (Phi) is 5.14. The average Bonchev–Trinajstić information content (AvgIpc) is 2.72. The molecule has 0 aromatic heterocycles. The maximum Gasteiger partial charge on any atom is 0.328 e. The van der Waals surface area contributed by atoms with Crippen LogP contribution in [0.25, 0.3) is 17.2 Å². The number of carboxylic acids is 1. The number of fused-ring (bicyclic) bond motifs is 1. The molecule has 1 heterocycles. The van der Waals surface area contributed by atoms with E-state index in [1.165, 1.54) is 0 Å². The van der Waals surface area contributed by atoms with Crippen molar-refractivity contribution in [3.63, 3.8) is 0 Å². The monoisotopic (exact) mass is 402 g/mol. The molecule has 0 fully saturated rings. The van der Waals surface area contributed by atoms with Gasteiger partial charge in [-0.2, -0.15) is 0 Å². The number of rotatable bonds is 4. The van der Waals surface area contributed by atoms with Gasteiger partial charge in [-0.3, -0.25) is 0 Å². The zero-order valence-electron chi connectivity index (χ0n) is 15.4. The second-order valence-corrected chi connectivity index (χ2v) is 7.68. The van der Waals surface area contributed by atoms with Crippen LogP contribution in [0.2, 0.25) is 0 Å². The van der Waals surface area contributed by atoms with Gasteiger partial charge >= 0.3 is 5.97 Å². The van der Waals surface area contributed by atoms with E-state index in [0.717, 1.165) is 50.1 Å². The van der Waals surface area contributed by atoms with Crippen LogP contribution in [0, 0.1) is 0 Å². The van der Waals surface area contributed by atoms with Crippen molar-refractivity contribution in [2.24, 2.45) is 0 Å². The van der Waals surface area contributed by atoms with Gasteiger partial charge in [0.1, 0.15) is 11.5 Å². The molecule has 0 saturated heterocycles. The molecule has 0 radical (unpaired) electrons. The molecule has 0 bridgehead atoms. The second kappa shape index (κ2) is 7.89. The summed E-state index contributed by atoms with van der Waals surface area (Å²) in [5, 5.41) is 28.3. The predicted molar refractivity (Wildman–Crippen MR) is 116 cm³/mol. The van der Waals surface area contributed by atoms with E-state index in [1.807, 2.05) is 42.5 Å². The van der Waals surface area contributed by atoms with Crippen LogP contribution >= 0.6 is 11.8 Å². The summed E-state index contributed by atoms with van der Waals surface area (Å²) in [4.78, 5) is 11.8. The Morgan fingerprint density at radius 3 is 2.21 bits per heavy atom. The van der Waals surface area contributed by atoms with Gasteiger partial charge in [0.2, 0.25) is 0 Å². The van der Waals surface area contributed by atoms with Crippen LogP contribution in [0.5, 0.6) is 11.5 Å². The van der Waals surface area contributed by atoms with E-state index in [1.54, 1.807) is 42.1 Å². The lowest BCUT2D eigenvalue weighted by atomic mass is 9.89. The van der Waals surface area contributed by atoms with Crippen molar-refractivity contribution in [1.82, 2.24) is 0 Å². The molecule has 4 nitrogen and oxygen atoms in total. The van der Waals surface area contributed by atoms with Gasteiger partial charge in [0.05, 0.1) is 0 Å². The van der Waals surface area contributed by atoms with Crippen molar-refractivity contribution >= 4 is 35.0 Å². The third-order valence-corrected chi connectivity index (χ3v) is 5.82. The van der Waals surface area contributed by atoms with Gasteiger partial charge in [0.15, 0.2) is 0 Å². The van der Waals surface area contributed by atoms with E-state index >= 15 is 0 Å². The molecule has 0 spiro atoms. The van der Waals surface area contributed by atoms with Crippen LogP contribution in [-0.2, 0) is 4.79 Å². The summed E-state index contributed by atoms with van der Waals surface area (Å²) >= 11 is 1.67. The van der Waals surface area contributed by atoms with Crippen molar-refractivity contribution in [2.45, 2.75) is 4.90 Å². The summed E-state index contributed by atoms with van der Waals surface area (Å²) in [6.07, 6.45) is 2.68. The molecule has 1 aliphatic heterocycles. The number of hydrogen-bond acceptors (Lipinski definition) is 4. The molecule has 0 unspecified atom stereocenters. The van der Waals surface area contributed by atoms with Crippen LogP contribution in [-0.4, -0.2) is 27.0 Å². The minimum Gasteiger partial charge on any atom is -0.508 e. The third-order valence-electron chi connectivity index (χ3n) is 4.74. The van der Waals surface area contributed by atoms with E-state index in [2.05, 4.69) is 0 Å². The zero-order chi connectivity index (χ0) is 20.4. The van der Waals surface area contributed by atoms with Crippen LogP contribution in [0.3, 0.4) is 0 Å². The van der Waals surface area contributed by atoms with E-state index in [-0.39, 0.29) is 11.5 Å². The summed E-state index contributed by atoms with van der Waals surface area (Å²) < 4.78 is 0. The highest BCUT2D eigenvalue weighted by Crippen LogP contribution is 2.45. The fourth-order valence-corrected chi connectivity index (χ4v) is 4.51. The highest BCUT2D eigenvalue weighted by Gasteiger charge is 2.22. The number of aromatic hydroxyl groups is 2. The number of thioether (sulfide) groups is 1. The minimum atomic E-state index is -0.982. The van der Waals surface area contributed by atoms with E-state index < -0.39 is 5.97 Å². The number of phenolic OH excluding ortho intramolecular Hbond substituents is 2. The molecule has 4 rings (SSSR count). The maximum atomic E-state index is 10.7. The molecule has 144 valence electrons. The Morgan fingerprint density at radius 1 is 0.862 bits per heavy atom. The van der Waals surface area contributed by atoms with Crippen LogP contribution in [0.4, 0.5) is 0 Å². The second-order valence-electron chi connectivity index (χ2n) is 6.66. The van der Waals surface area contributed by atoms with Crippen LogP contribution < -0.4 is 0 Å². The first-order valence-corrected chi connectivity index (χ1v) is 10.00. The Hall–Kier alpha value is -3.44. The van der Waals surface area contributed by atoms with Gasteiger partial charge in [0.25, 0.3) is 0 Å². The maximum absolute atomic E-state index is 10.7. The first-order valence-electron chi connectivity index (χ1n) is 9.01. The van der Waals surface area contributed by atoms with E-state index in [0.29, 0.717) is 0 Å². The van der Waals surface area contributed by atoms with Gasteiger partial charge in [-0.1, -0.05) is 36.4 Å². The molecular weight excluding hydrogens is 384 g/mol. The Balaban J connectivity index is 1.86. The van der Waals surface area contributed by atoms with E-state index in [4.69, 9.17) is 5.11 Å². The molecule has 3 N–H and O–H groups in total. The number of phenols is 2. The fourth-order valence-electron chi connectivity index (χ4n) is 3.37. The van der Waals surface area contributed by atoms with Gasteiger partial charge in [0, 0.05) is 16.7 Å². The Bertz CT molecular complexity index is 1130. The molecular formula is C24H18O4S. The number of aliphatic carboxylic acids is 1. The Morgan fingerprint density at radius 2 is 1.52 bits per heavy atom. The SMILES string of the molecule is O=C(O)/C=C/c1ccc(C2=C(c3ccc(O)cc3)CSc3cc(O)ccc32)cc1. The molecule has 0 aliphatic carbocycles. The number of carbonyl (C=O) groups is 1. The van der Waals surface area contributed by atoms with Crippen molar-refractivity contribution in [1.29, 1.82) is 0 Å². The van der Waals surface area contributed by atoms with Gasteiger partial charge < -0.3 is 15.3 Å². The van der Waals surface area contributed by atoms with Crippen molar-refractivity contribution in [2.75, 3.05) is 5.75 Å². The van der Waals surface area contributed by atoms with Crippen LogP contribution in [0.15, 0.2) is 77.7 Å². The summed E-state index contributed by atoms with van der Waals surface area (Å²) in [6, 6.07) is 20.3. The molecule has 3 aromatic carbocycles. The lowest BCUT2D eigenvalue weighted by molar-refractivity contribution is -0.131. The van der Waals surface area contributed by atoms with Gasteiger partial charge in [-0.05, 0) is 69.8 Å². The molecule has 5 heteroatoms. The van der Waals surface area contributed by atoms with E-state index in [9.17, 15) is 15.0 Å². The molecule has 1 aliphatic rings. The Labute approximate surface area is 172 Å². The average molecular weight is 402 g/mol. The summed E-state index contributed by atoms with van der Waals surface area (Å²) in [5.41, 5.74) is 6.09. The summed E-state index contributed by atoms with van der Waals surface area (Å²) in [6.45, 7) is 0. The summed E-state index contributed by atoms with van der Waals surface area (Å²) in [7, 11) is 0. The predicted octanol–water partition coefficient (Wildman–Crippen LogP) is 5.26. The molecule has 29 heavy (non-hydrogen) atoms. The minimum absolute atomic E-state index is 0.222. The van der Waals surface area contributed by atoms with Crippen molar-refractivity contribution < 1.29 is 20.1 Å². The largest absolute Gasteiger partial charge is 0.508 e. The quantitative estimate of drug-likeness (QED) is 0.519.